The van der Waals surface area contributed by atoms with Crippen LogP contribution >= 0.6 is 0 Å². The largest absolute Gasteiger partial charge is 0.456 e. The molecule has 0 aliphatic heterocycles. The van der Waals surface area contributed by atoms with Gasteiger partial charge >= 0.3 is 12.1 Å². The molecule has 0 unspecified atom stereocenters. The number of nitro benzene ring substituents is 1. The zero-order valence-electron chi connectivity index (χ0n) is 18.3. The Morgan fingerprint density at radius 3 is 2.56 bits per heavy atom. The van der Waals surface area contributed by atoms with E-state index in [1.807, 2.05) is 0 Å². The van der Waals surface area contributed by atoms with Gasteiger partial charge in [0, 0.05) is 23.9 Å². The van der Waals surface area contributed by atoms with E-state index in [1.54, 1.807) is 19.9 Å². The lowest BCUT2D eigenvalue weighted by molar-refractivity contribution is -0.384. The number of nitro groups is 1. The number of alkyl halides is 3. The molecule has 3 rings (SSSR count). The van der Waals surface area contributed by atoms with Crippen molar-refractivity contribution in [1.82, 2.24) is 19.6 Å². The van der Waals surface area contributed by atoms with Crippen LogP contribution in [0.15, 0.2) is 18.2 Å². The summed E-state index contributed by atoms with van der Waals surface area (Å²) in [5.41, 5.74) is 1.51. The fourth-order valence-electron chi connectivity index (χ4n) is 3.22. The third-order valence-electron chi connectivity index (χ3n) is 4.87. The zero-order chi connectivity index (χ0) is 25.2. The quantitative estimate of drug-likeness (QED) is 0.309. The van der Waals surface area contributed by atoms with Crippen molar-refractivity contribution in [1.29, 1.82) is 0 Å². The summed E-state index contributed by atoms with van der Waals surface area (Å²) < 4.78 is 44.5. The zero-order valence-corrected chi connectivity index (χ0v) is 18.3. The number of nitrogens with zero attached hydrogens (tertiary/aromatic N) is 5. The van der Waals surface area contributed by atoms with Crippen molar-refractivity contribution >= 4 is 29.0 Å². The van der Waals surface area contributed by atoms with Gasteiger partial charge in [-0.05, 0) is 44.4 Å². The molecular formula is C20H19F3N6O5. The predicted molar refractivity (Wildman–Crippen MR) is 111 cm³/mol. The van der Waals surface area contributed by atoms with Crippen LogP contribution in [0, 0.1) is 30.9 Å². The summed E-state index contributed by atoms with van der Waals surface area (Å²) in [7, 11) is 0. The Morgan fingerprint density at radius 2 is 1.91 bits per heavy atom. The predicted octanol–water partition coefficient (Wildman–Crippen LogP) is 3.09. The number of fused-ring (bicyclic) bond motifs is 1. The van der Waals surface area contributed by atoms with Gasteiger partial charge in [-0.1, -0.05) is 6.07 Å². The van der Waals surface area contributed by atoms with Crippen LogP contribution in [0.25, 0.3) is 5.78 Å². The standard InChI is InChI=1S/C20H19F3N6O5/c1-10-4-6-14(15(8-10)29(32)33)25-16(30)9-34-17(31)7-5-13-11(2)24-19-26-18(20(21,22)23)27-28(19)12(13)3/h4,6,8H,5,7,9H2,1-3H3,(H,25,30). The number of hydrogen-bond acceptors (Lipinski definition) is 8. The molecule has 2 heterocycles. The van der Waals surface area contributed by atoms with Gasteiger partial charge in [0.1, 0.15) is 5.69 Å². The molecule has 0 saturated heterocycles. The average molecular weight is 480 g/mol. The second kappa shape index (κ2) is 9.41. The van der Waals surface area contributed by atoms with Gasteiger partial charge in [-0.2, -0.15) is 18.2 Å². The van der Waals surface area contributed by atoms with E-state index in [1.165, 1.54) is 19.1 Å². The van der Waals surface area contributed by atoms with E-state index in [0.717, 1.165) is 4.52 Å². The van der Waals surface area contributed by atoms with E-state index >= 15 is 0 Å². The fraction of sp³-hybridized carbons (Fsp3) is 0.350. The van der Waals surface area contributed by atoms with Crippen molar-refractivity contribution in [2.45, 2.75) is 39.8 Å². The maximum absolute atomic E-state index is 12.9. The lowest BCUT2D eigenvalue weighted by atomic mass is 10.1. The summed E-state index contributed by atoms with van der Waals surface area (Å²) in [5.74, 6) is -3.05. The molecule has 11 nitrogen and oxygen atoms in total. The SMILES string of the molecule is Cc1ccc(NC(=O)COC(=O)CCc2c(C)nc3nc(C(F)(F)F)nn3c2C)c([N+](=O)[O-])c1. The van der Waals surface area contributed by atoms with Crippen LogP contribution in [0.5, 0.6) is 0 Å². The molecule has 0 atom stereocenters. The number of anilines is 1. The number of esters is 1. The van der Waals surface area contributed by atoms with E-state index in [9.17, 15) is 32.9 Å². The number of rotatable bonds is 7. The highest BCUT2D eigenvalue weighted by Crippen LogP contribution is 2.27. The Kier molecular flexibility index (Phi) is 6.79. The third kappa shape index (κ3) is 5.44. The second-order valence-electron chi connectivity index (χ2n) is 7.39. The topological polar surface area (TPSA) is 142 Å². The Morgan fingerprint density at radius 1 is 1.21 bits per heavy atom. The van der Waals surface area contributed by atoms with Crippen LogP contribution in [0.1, 0.15) is 34.8 Å². The summed E-state index contributed by atoms with van der Waals surface area (Å²) in [6.45, 7) is 4.09. The first-order chi connectivity index (χ1) is 15.9. The molecule has 0 bridgehead atoms. The second-order valence-corrected chi connectivity index (χ2v) is 7.39. The van der Waals surface area contributed by atoms with E-state index in [2.05, 4.69) is 20.4 Å². The van der Waals surface area contributed by atoms with Crippen LogP contribution in [0.4, 0.5) is 24.5 Å². The van der Waals surface area contributed by atoms with Crippen molar-refractivity contribution in [2.75, 3.05) is 11.9 Å². The molecule has 0 spiro atoms. The van der Waals surface area contributed by atoms with E-state index in [-0.39, 0.29) is 30.0 Å². The number of benzene rings is 1. The number of carbonyl (C=O) groups excluding carboxylic acids is 2. The molecule has 1 aromatic carbocycles. The molecule has 0 saturated carbocycles. The van der Waals surface area contributed by atoms with Crippen LogP contribution in [0.2, 0.25) is 0 Å². The van der Waals surface area contributed by atoms with Crippen LogP contribution in [-0.2, 0) is 26.9 Å². The van der Waals surface area contributed by atoms with Crippen molar-refractivity contribution in [3.8, 4) is 0 Å². The summed E-state index contributed by atoms with van der Waals surface area (Å²) in [6.07, 6.45) is -4.84. The smallest absolute Gasteiger partial charge is 0.453 e. The lowest BCUT2D eigenvalue weighted by Gasteiger charge is -2.10. The summed E-state index contributed by atoms with van der Waals surface area (Å²) in [6, 6.07) is 4.25. The molecule has 180 valence electrons. The minimum atomic E-state index is -4.72. The van der Waals surface area contributed by atoms with Crippen molar-refractivity contribution in [3.05, 3.63) is 56.7 Å². The van der Waals surface area contributed by atoms with Gasteiger partial charge in [-0.15, -0.1) is 5.10 Å². The van der Waals surface area contributed by atoms with Crippen LogP contribution in [-0.4, -0.2) is 43.0 Å². The summed E-state index contributed by atoms with van der Waals surface area (Å²) in [5, 5.41) is 16.9. The Balaban J connectivity index is 1.61. The monoisotopic (exact) mass is 480 g/mol. The highest BCUT2D eigenvalue weighted by molar-refractivity contribution is 5.94. The van der Waals surface area contributed by atoms with E-state index in [4.69, 9.17) is 4.74 Å². The van der Waals surface area contributed by atoms with Crippen molar-refractivity contribution in [2.24, 2.45) is 0 Å². The van der Waals surface area contributed by atoms with Crippen molar-refractivity contribution in [3.63, 3.8) is 0 Å². The van der Waals surface area contributed by atoms with E-state index in [0.29, 0.717) is 22.5 Å². The number of halogens is 3. The number of carbonyl (C=O) groups is 2. The van der Waals surface area contributed by atoms with Gasteiger partial charge in [0.25, 0.3) is 23.2 Å². The van der Waals surface area contributed by atoms with Gasteiger partial charge in [0.15, 0.2) is 6.61 Å². The molecule has 1 amide bonds. The Bertz CT molecular complexity index is 1290. The van der Waals surface area contributed by atoms with Crippen molar-refractivity contribution < 1.29 is 32.4 Å². The average Bonchev–Trinajstić information content (AvgIpc) is 3.18. The molecule has 0 aliphatic rings. The number of nitrogens with one attached hydrogen (secondary N) is 1. The van der Waals surface area contributed by atoms with Gasteiger partial charge < -0.3 is 10.1 Å². The molecular weight excluding hydrogens is 461 g/mol. The molecule has 14 heteroatoms. The molecule has 2 aromatic heterocycles. The molecule has 0 radical (unpaired) electrons. The first kappa shape index (κ1) is 24.5. The van der Waals surface area contributed by atoms with Crippen LogP contribution < -0.4 is 5.32 Å². The molecule has 34 heavy (non-hydrogen) atoms. The van der Waals surface area contributed by atoms with Gasteiger partial charge in [-0.25, -0.2) is 9.50 Å². The maximum atomic E-state index is 12.9. The Labute approximate surface area is 190 Å². The normalized spacial score (nSPS) is 11.5. The first-order valence-electron chi connectivity index (χ1n) is 9.87. The summed E-state index contributed by atoms with van der Waals surface area (Å²) >= 11 is 0. The number of aryl methyl sites for hydroxylation is 3. The highest BCUT2D eigenvalue weighted by Gasteiger charge is 2.37. The molecule has 3 aromatic rings. The maximum Gasteiger partial charge on any atom is 0.453 e. The van der Waals surface area contributed by atoms with Crippen LogP contribution in [0.3, 0.4) is 0 Å². The minimum Gasteiger partial charge on any atom is -0.456 e. The number of hydrogen-bond donors (Lipinski definition) is 1. The first-order valence-corrected chi connectivity index (χ1v) is 9.87. The summed E-state index contributed by atoms with van der Waals surface area (Å²) in [4.78, 5) is 42.0. The molecule has 0 aliphatic carbocycles. The number of ether oxygens (including phenoxy) is 1. The highest BCUT2D eigenvalue weighted by atomic mass is 19.4. The number of aromatic nitrogens is 4. The third-order valence-corrected chi connectivity index (χ3v) is 4.87. The number of amides is 1. The van der Waals surface area contributed by atoms with Gasteiger partial charge in [0.05, 0.1) is 4.92 Å². The molecule has 0 fully saturated rings. The fourth-order valence-corrected chi connectivity index (χ4v) is 3.22. The minimum absolute atomic E-state index is 0.0340. The Hall–Kier alpha value is -4.10. The van der Waals surface area contributed by atoms with Gasteiger partial charge in [0.2, 0.25) is 0 Å². The van der Waals surface area contributed by atoms with Gasteiger partial charge in [-0.3, -0.25) is 19.7 Å². The van der Waals surface area contributed by atoms with E-state index < -0.39 is 35.4 Å². The molecule has 1 N–H and O–H groups in total. The lowest BCUT2D eigenvalue weighted by Crippen LogP contribution is -2.21.